The fourth-order valence-electron chi connectivity index (χ4n) is 1.79. The Hall–Kier alpha value is -1.87. The quantitative estimate of drug-likeness (QED) is 0.639. The summed E-state index contributed by atoms with van der Waals surface area (Å²) < 4.78 is 14.9. The molecule has 0 aliphatic rings. The third-order valence-corrected chi connectivity index (χ3v) is 2.86. The summed E-state index contributed by atoms with van der Waals surface area (Å²) >= 11 is 5.83. The molecular weight excluding hydrogens is 239 g/mol. The van der Waals surface area contributed by atoms with Crippen molar-refractivity contribution in [3.8, 4) is 11.3 Å². The third kappa shape index (κ3) is 1.78. The maximum absolute atomic E-state index is 13.2. The van der Waals surface area contributed by atoms with Gasteiger partial charge in [0, 0.05) is 16.8 Å². The van der Waals surface area contributed by atoms with Crippen molar-refractivity contribution in [1.29, 1.82) is 0 Å². The molecule has 2 heterocycles. The lowest BCUT2D eigenvalue weighted by Gasteiger charge is -2.02. The van der Waals surface area contributed by atoms with E-state index in [0.717, 1.165) is 16.9 Å². The fraction of sp³-hybridized carbons (Fsp3) is 0. The number of hydrogen-bond donors (Lipinski definition) is 0. The lowest BCUT2D eigenvalue weighted by Crippen LogP contribution is -1.89. The van der Waals surface area contributed by atoms with Gasteiger partial charge in [0.05, 0.1) is 11.9 Å². The highest BCUT2D eigenvalue weighted by Gasteiger charge is 2.06. The Bertz CT molecular complexity index is 673. The molecule has 0 bridgehead atoms. The maximum Gasteiger partial charge on any atom is 0.139 e. The van der Waals surface area contributed by atoms with Gasteiger partial charge < -0.3 is 0 Å². The molecule has 0 saturated carbocycles. The van der Waals surface area contributed by atoms with E-state index < -0.39 is 0 Å². The summed E-state index contributed by atoms with van der Waals surface area (Å²) in [6.45, 7) is 0. The second-order valence-corrected chi connectivity index (χ2v) is 4.16. The van der Waals surface area contributed by atoms with Gasteiger partial charge >= 0.3 is 0 Å². The standard InChI is InChI=1S/C13H8ClFN2/c14-10-3-1-9(2-4-10)12-7-16-13-6-5-11(15)8-17(12)13/h1-8H. The Morgan fingerprint density at radius 3 is 2.59 bits per heavy atom. The summed E-state index contributed by atoms with van der Waals surface area (Å²) in [5.74, 6) is -0.286. The molecule has 0 atom stereocenters. The van der Waals surface area contributed by atoms with Crippen molar-refractivity contribution in [3.05, 3.63) is 59.6 Å². The van der Waals surface area contributed by atoms with Gasteiger partial charge in [-0.15, -0.1) is 0 Å². The zero-order chi connectivity index (χ0) is 11.8. The summed E-state index contributed by atoms with van der Waals surface area (Å²) in [6, 6.07) is 10.4. The third-order valence-electron chi connectivity index (χ3n) is 2.61. The predicted molar refractivity (Wildman–Crippen MR) is 65.6 cm³/mol. The van der Waals surface area contributed by atoms with E-state index in [1.54, 1.807) is 28.8 Å². The summed E-state index contributed by atoms with van der Waals surface area (Å²) in [4.78, 5) is 4.22. The van der Waals surface area contributed by atoms with Crippen LogP contribution in [0, 0.1) is 5.82 Å². The molecule has 0 saturated heterocycles. The minimum atomic E-state index is -0.286. The van der Waals surface area contributed by atoms with E-state index in [1.165, 1.54) is 12.3 Å². The molecule has 84 valence electrons. The molecule has 2 nitrogen and oxygen atoms in total. The normalized spacial score (nSPS) is 10.9. The van der Waals surface area contributed by atoms with Gasteiger partial charge in [0.1, 0.15) is 11.5 Å². The minimum Gasteiger partial charge on any atom is -0.297 e. The van der Waals surface area contributed by atoms with E-state index in [0.29, 0.717) is 5.02 Å². The molecule has 1 aromatic carbocycles. The number of imidazole rings is 1. The molecule has 3 aromatic rings. The Morgan fingerprint density at radius 2 is 1.82 bits per heavy atom. The van der Waals surface area contributed by atoms with Gasteiger partial charge in [-0.25, -0.2) is 9.37 Å². The molecule has 0 aliphatic carbocycles. The highest BCUT2D eigenvalue weighted by atomic mass is 35.5. The molecule has 0 N–H and O–H groups in total. The van der Waals surface area contributed by atoms with Gasteiger partial charge in [0.2, 0.25) is 0 Å². The van der Waals surface area contributed by atoms with Gasteiger partial charge in [-0.05, 0) is 24.3 Å². The largest absolute Gasteiger partial charge is 0.297 e. The van der Waals surface area contributed by atoms with Crippen molar-refractivity contribution in [2.45, 2.75) is 0 Å². The smallest absolute Gasteiger partial charge is 0.139 e. The summed E-state index contributed by atoms with van der Waals surface area (Å²) in [7, 11) is 0. The molecule has 2 aromatic heterocycles. The molecule has 0 spiro atoms. The number of nitrogens with zero attached hydrogens (tertiary/aromatic N) is 2. The van der Waals surface area contributed by atoms with Crippen molar-refractivity contribution in [2.24, 2.45) is 0 Å². The van der Waals surface area contributed by atoms with Crippen molar-refractivity contribution in [3.63, 3.8) is 0 Å². The first-order valence-corrected chi connectivity index (χ1v) is 5.50. The van der Waals surface area contributed by atoms with E-state index in [2.05, 4.69) is 4.98 Å². The summed E-state index contributed by atoms with van der Waals surface area (Å²) in [5.41, 5.74) is 2.51. The van der Waals surface area contributed by atoms with E-state index in [1.807, 2.05) is 12.1 Å². The SMILES string of the molecule is Fc1ccc2ncc(-c3ccc(Cl)cc3)n2c1. The van der Waals surface area contributed by atoms with Crippen LogP contribution in [0.25, 0.3) is 16.9 Å². The number of fused-ring (bicyclic) bond motifs is 1. The number of rotatable bonds is 1. The molecule has 17 heavy (non-hydrogen) atoms. The first kappa shape index (κ1) is 10.3. The second-order valence-electron chi connectivity index (χ2n) is 3.73. The van der Waals surface area contributed by atoms with Crippen molar-refractivity contribution < 1.29 is 4.39 Å². The van der Waals surface area contributed by atoms with Crippen LogP contribution >= 0.6 is 11.6 Å². The van der Waals surface area contributed by atoms with Gasteiger partial charge in [0.15, 0.2) is 0 Å². The fourth-order valence-corrected chi connectivity index (χ4v) is 1.91. The average molecular weight is 247 g/mol. The monoisotopic (exact) mass is 246 g/mol. The van der Waals surface area contributed by atoms with Gasteiger partial charge in [0.25, 0.3) is 0 Å². The van der Waals surface area contributed by atoms with E-state index in [9.17, 15) is 4.39 Å². The Morgan fingerprint density at radius 1 is 1.06 bits per heavy atom. The van der Waals surface area contributed by atoms with Crippen LogP contribution in [0.1, 0.15) is 0 Å². The molecule has 0 radical (unpaired) electrons. The Balaban J connectivity index is 2.23. The summed E-state index contributed by atoms with van der Waals surface area (Å²) in [5, 5.41) is 0.675. The predicted octanol–water partition coefficient (Wildman–Crippen LogP) is 3.79. The van der Waals surface area contributed by atoms with Crippen LogP contribution in [-0.4, -0.2) is 9.38 Å². The molecule has 0 fully saturated rings. The van der Waals surface area contributed by atoms with Gasteiger partial charge in [-0.2, -0.15) is 0 Å². The summed E-state index contributed by atoms with van der Waals surface area (Å²) in [6.07, 6.45) is 3.14. The van der Waals surface area contributed by atoms with Crippen LogP contribution in [0.5, 0.6) is 0 Å². The zero-order valence-corrected chi connectivity index (χ0v) is 9.53. The van der Waals surface area contributed by atoms with Crippen molar-refractivity contribution in [2.75, 3.05) is 0 Å². The minimum absolute atomic E-state index is 0.286. The molecule has 0 aliphatic heterocycles. The van der Waals surface area contributed by atoms with Crippen LogP contribution in [0.4, 0.5) is 4.39 Å². The van der Waals surface area contributed by atoms with Crippen LogP contribution in [0.3, 0.4) is 0 Å². The first-order valence-electron chi connectivity index (χ1n) is 5.12. The van der Waals surface area contributed by atoms with Crippen molar-refractivity contribution >= 4 is 17.2 Å². The van der Waals surface area contributed by atoms with Crippen LogP contribution in [-0.2, 0) is 0 Å². The number of benzene rings is 1. The molecule has 0 unspecified atom stereocenters. The molecule has 4 heteroatoms. The number of halogens is 2. The van der Waals surface area contributed by atoms with Gasteiger partial charge in [-0.3, -0.25) is 4.40 Å². The number of pyridine rings is 1. The molecular formula is C13H8ClFN2. The van der Waals surface area contributed by atoms with Crippen LogP contribution in [0.15, 0.2) is 48.8 Å². The molecule has 3 rings (SSSR count). The number of hydrogen-bond acceptors (Lipinski definition) is 1. The topological polar surface area (TPSA) is 17.3 Å². The first-order chi connectivity index (χ1) is 8.24. The highest BCUT2D eigenvalue weighted by Crippen LogP contribution is 2.22. The highest BCUT2D eigenvalue weighted by molar-refractivity contribution is 6.30. The lowest BCUT2D eigenvalue weighted by molar-refractivity contribution is 0.619. The van der Waals surface area contributed by atoms with E-state index in [-0.39, 0.29) is 5.82 Å². The van der Waals surface area contributed by atoms with Crippen molar-refractivity contribution in [1.82, 2.24) is 9.38 Å². The van der Waals surface area contributed by atoms with Gasteiger partial charge in [-0.1, -0.05) is 23.7 Å². The zero-order valence-electron chi connectivity index (χ0n) is 8.77. The average Bonchev–Trinajstić information content (AvgIpc) is 2.73. The van der Waals surface area contributed by atoms with E-state index in [4.69, 9.17) is 11.6 Å². The van der Waals surface area contributed by atoms with Crippen LogP contribution < -0.4 is 0 Å². The Kier molecular flexibility index (Phi) is 2.34. The lowest BCUT2D eigenvalue weighted by atomic mass is 10.2. The Labute approximate surface area is 102 Å². The molecule has 0 amide bonds. The van der Waals surface area contributed by atoms with Crippen LogP contribution in [0.2, 0.25) is 5.02 Å². The second kappa shape index (κ2) is 3.86. The maximum atomic E-state index is 13.2. The van der Waals surface area contributed by atoms with E-state index >= 15 is 0 Å². The number of aromatic nitrogens is 2.